The molecule has 3 nitrogen and oxygen atoms in total. The second kappa shape index (κ2) is 3.59. The molecule has 0 saturated heterocycles. The van der Waals surface area contributed by atoms with Crippen LogP contribution in [0, 0.1) is 0 Å². The molecule has 1 heterocycles. The summed E-state index contributed by atoms with van der Waals surface area (Å²) < 4.78 is 0. The van der Waals surface area contributed by atoms with Crippen molar-refractivity contribution in [3.63, 3.8) is 0 Å². The van der Waals surface area contributed by atoms with Crippen LogP contribution in [0.1, 0.15) is 24.2 Å². The Bertz CT molecular complexity index is 468. The predicted molar refractivity (Wildman–Crippen MR) is 63.1 cm³/mol. The van der Waals surface area contributed by atoms with Crippen molar-refractivity contribution >= 4 is 29.0 Å². The van der Waals surface area contributed by atoms with Gasteiger partial charge >= 0.3 is 0 Å². The van der Waals surface area contributed by atoms with Crippen LogP contribution in [-0.2, 0) is 4.79 Å². The normalized spacial score (nSPS) is 24.6. The number of para-hydroxylation sites is 1. The Balaban J connectivity index is 2.66. The van der Waals surface area contributed by atoms with E-state index >= 15 is 0 Å². The molecule has 1 aliphatic heterocycles. The average molecular weight is 238 g/mol. The number of amides is 1. The van der Waals surface area contributed by atoms with Gasteiger partial charge in [-0.25, -0.2) is 0 Å². The van der Waals surface area contributed by atoms with Crippen LogP contribution in [0.15, 0.2) is 24.3 Å². The van der Waals surface area contributed by atoms with Crippen LogP contribution in [0.2, 0.25) is 0 Å². The van der Waals surface area contributed by atoms with Gasteiger partial charge in [-0.15, -0.1) is 0 Å². The summed E-state index contributed by atoms with van der Waals surface area (Å²) in [7, 11) is 0. The van der Waals surface area contributed by atoms with Crippen molar-refractivity contribution in [1.29, 1.82) is 0 Å². The maximum atomic E-state index is 12.0. The van der Waals surface area contributed by atoms with E-state index in [9.17, 15) is 9.59 Å². The molecule has 16 heavy (non-hydrogen) atoms. The Labute approximate surface area is 99.0 Å². The maximum absolute atomic E-state index is 12.0. The first-order chi connectivity index (χ1) is 7.50. The fourth-order valence-corrected chi connectivity index (χ4v) is 2.13. The van der Waals surface area contributed by atoms with E-state index in [1.807, 2.05) is 6.92 Å². The maximum Gasteiger partial charge on any atom is 0.255 e. The highest BCUT2D eigenvalue weighted by Gasteiger charge is 2.47. The van der Waals surface area contributed by atoms with Gasteiger partial charge in [0.05, 0.1) is 5.69 Å². The molecule has 0 radical (unpaired) electrons. The second-order valence-electron chi connectivity index (χ2n) is 3.90. The highest BCUT2D eigenvalue weighted by Crippen LogP contribution is 2.35. The smallest absolute Gasteiger partial charge is 0.255 e. The van der Waals surface area contributed by atoms with E-state index in [4.69, 9.17) is 11.6 Å². The Morgan fingerprint density at radius 1 is 1.31 bits per heavy atom. The zero-order chi connectivity index (χ0) is 11.9. The molecule has 0 fully saturated rings. The highest BCUT2D eigenvalue weighted by molar-refractivity contribution is 6.52. The van der Waals surface area contributed by atoms with E-state index in [0.29, 0.717) is 17.8 Å². The molecule has 1 unspecified atom stereocenters. The van der Waals surface area contributed by atoms with Gasteiger partial charge in [0.1, 0.15) is 0 Å². The van der Waals surface area contributed by atoms with Gasteiger partial charge in [0.2, 0.25) is 0 Å². The molecule has 0 aromatic heterocycles. The minimum Gasteiger partial charge on any atom is -0.310 e. The number of Topliss-reactive ketones (excluding diaryl/α,β-unsaturated/α-hetero) is 1. The van der Waals surface area contributed by atoms with E-state index in [1.165, 1.54) is 6.92 Å². The molecule has 0 bridgehead atoms. The van der Waals surface area contributed by atoms with Gasteiger partial charge in [-0.2, -0.15) is 0 Å². The molecule has 1 aliphatic rings. The lowest BCUT2D eigenvalue weighted by Crippen LogP contribution is -2.53. The molecule has 0 N–H and O–H groups in total. The summed E-state index contributed by atoms with van der Waals surface area (Å²) >= 11 is 6.03. The van der Waals surface area contributed by atoms with Crippen LogP contribution in [0.3, 0.4) is 0 Å². The molecule has 1 aromatic carbocycles. The lowest BCUT2D eigenvalue weighted by Gasteiger charge is -2.35. The van der Waals surface area contributed by atoms with Gasteiger partial charge in [-0.3, -0.25) is 9.59 Å². The molecule has 0 aliphatic carbocycles. The van der Waals surface area contributed by atoms with Gasteiger partial charge in [0.15, 0.2) is 10.7 Å². The van der Waals surface area contributed by atoms with Gasteiger partial charge in [0.25, 0.3) is 5.91 Å². The fraction of sp³-hybridized carbons (Fsp3) is 0.333. The molecule has 84 valence electrons. The largest absolute Gasteiger partial charge is 0.310 e. The zero-order valence-electron chi connectivity index (χ0n) is 9.16. The summed E-state index contributed by atoms with van der Waals surface area (Å²) in [5, 5.41) is 0. The van der Waals surface area contributed by atoms with Crippen LogP contribution >= 0.6 is 11.6 Å². The number of ketones is 1. The quantitative estimate of drug-likeness (QED) is 0.555. The molecular weight excluding hydrogens is 226 g/mol. The Hall–Kier alpha value is -1.35. The number of hydrogen-bond acceptors (Lipinski definition) is 2. The predicted octanol–water partition coefficient (Wildman–Crippen LogP) is 2.23. The third-order valence-corrected chi connectivity index (χ3v) is 3.16. The number of carbonyl (C=O) groups is 2. The van der Waals surface area contributed by atoms with Crippen molar-refractivity contribution in [2.24, 2.45) is 0 Å². The average Bonchev–Trinajstić information content (AvgIpc) is 2.28. The molecule has 1 aromatic rings. The monoisotopic (exact) mass is 237 g/mol. The van der Waals surface area contributed by atoms with Crippen molar-refractivity contribution in [3.8, 4) is 0 Å². The molecule has 4 heteroatoms. The first kappa shape index (κ1) is 11.1. The third kappa shape index (κ3) is 1.35. The highest BCUT2D eigenvalue weighted by atomic mass is 35.5. The second-order valence-corrected chi connectivity index (χ2v) is 4.65. The van der Waals surface area contributed by atoms with E-state index in [0.717, 1.165) is 0 Å². The Morgan fingerprint density at radius 2 is 1.94 bits per heavy atom. The van der Waals surface area contributed by atoms with Gasteiger partial charge < -0.3 is 4.90 Å². The van der Waals surface area contributed by atoms with Crippen molar-refractivity contribution in [3.05, 3.63) is 29.8 Å². The Kier molecular flexibility index (Phi) is 2.50. The summed E-state index contributed by atoms with van der Waals surface area (Å²) in [6.45, 7) is 3.82. The number of benzene rings is 1. The molecule has 1 atom stereocenters. The van der Waals surface area contributed by atoms with Crippen molar-refractivity contribution in [1.82, 2.24) is 0 Å². The minimum absolute atomic E-state index is 0.320. The number of alkyl halides is 1. The summed E-state index contributed by atoms with van der Waals surface area (Å²) in [5.41, 5.74) is 1.17. The number of carbonyl (C=O) groups excluding carboxylic acids is 2. The summed E-state index contributed by atoms with van der Waals surface area (Å²) in [4.78, 5) is 24.1. The number of anilines is 1. The number of rotatable bonds is 1. The molecule has 2 rings (SSSR count). The summed E-state index contributed by atoms with van der Waals surface area (Å²) in [6, 6.07) is 7.04. The van der Waals surface area contributed by atoms with E-state index in [2.05, 4.69) is 0 Å². The molecule has 0 saturated carbocycles. The molecule has 1 amide bonds. The van der Waals surface area contributed by atoms with E-state index < -0.39 is 4.87 Å². The molecule has 0 spiro atoms. The van der Waals surface area contributed by atoms with Crippen LogP contribution < -0.4 is 4.90 Å². The summed E-state index contributed by atoms with van der Waals surface area (Å²) in [6.07, 6.45) is 0. The van der Waals surface area contributed by atoms with E-state index in [1.54, 1.807) is 29.2 Å². The topological polar surface area (TPSA) is 37.4 Å². The first-order valence-electron chi connectivity index (χ1n) is 5.15. The SMILES string of the molecule is CCN1C(=O)C(C)(Cl)C(=O)c2ccccc21. The van der Waals surface area contributed by atoms with Gasteiger partial charge in [-0.1, -0.05) is 23.7 Å². The van der Waals surface area contributed by atoms with E-state index in [-0.39, 0.29) is 11.7 Å². The lowest BCUT2D eigenvalue weighted by atomic mass is 9.91. The third-order valence-electron chi connectivity index (χ3n) is 2.83. The zero-order valence-corrected chi connectivity index (χ0v) is 9.91. The van der Waals surface area contributed by atoms with Crippen molar-refractivity contribution < 1.29 is 9.59 Å². The fourth-order valence-electron chi connectivity index (χ4n) is 1.93. The van der Waals surface area contributed by atoms with Crippen LogP contribution in [-0.4, -0.2) is 23.1 Å². The Morgan fingerprint density at radius 3 is 2.56 bits per heavy atom. The lowest BCUT2D eigenvalue weighted by molar-refractivity contribution is -0.119. The first-order valence-corrected chi connectivity index (χ1v) is 5.52. The summed E-state index contributed by atoms with van der Waals surface area (Å²) in [5.74, 6) is -0.667. The standard InChI is InChI=1S/C12H12ClNO2/c1-3-14-9-7-5-4-6-8(9)10(15)12(2,13)11(14)16/h4-7H,3H2,1-2H3. The van der Waals surface area contributed by atoms with Gasteiger partial charge in [-0.05, 0) is 26.0 Å². The van der Waals surface area contributed by atoms with Crippen molar-refractivity contribution in [2.45, 2.75) is 18.7 Å². The van der Waals surface area contributed by atoms with Gasteiger partial charge in [0, 0.05) is 12.1 Å². The number of nitrogens with zero attached hydrogens (tertiary/aromatic N) is 1. The van der Waals surface area contributed by atoms with Crippen LogP contribution in [0.4, 0.5) is 5.69 Å². The number of fused-ring (bicyclic) bond motifs is 1. The minimum atomic E-state index is -1.47. The number of hydrogen-bond donors (Lipinski definition) is 0. The molecular formula is C12H12ClNO2. The van der Waals surface area contributed by atoms with Crippen molar-refractivity contribution in [2.75, 3.05) is 11.4 Å². The van der Waals surface area contributed by atoms with Crippen LogP contribution in [0.25, 0.3) is 0 Å². The van der Waals surface area contributed by atoms with Crippen LogP contribution in [0.5, 0.6) is 0 Å². The number of halogens is 1.